The van der Waals surface area contributed by atoms with Crippen LogP contribution in [0.4, 0.5) is 11.4 Å². The summed E-state index contributed by atoms with van der Waals surface area (Å²) >= 11 is 0. The third-order valence-electron chi connectivity index (χ3n) is 4.99. The molecule has 6 heteroatoms. The Kier molecular flexibility index (Phi) is 4.82. The highest BCUT2D eigenvalue weighted by Crippen LogP contribution is 2.37. The molecule has 0 bridgehead atoms. The van der Waals surface area contributed by atoms with Crippen molar-refractivity contribution >= 4 is 29.7 Å². The zero-order valence-corrected chi connectivity index (χ0v) is 15.8. The fraction of sp³-hybridized carbons (Fsp3) is 0.350. The summed E-state index contributed by atoms with van der Waals surface area (Å²) in [7, 11) is -0.491. The van der Waals surface area contributed by atoms with Crippen LogP contribution in [0.2, 0.25) is 0 Å². The monoisotopic (exact) mass is 350 g/mol. The molecule has 1 saturated heterocycles. The quantitative estimate of drug-likeness (QED) is 0.460. The van der Waals surface area contributed by atoms with Crippen molar-refractivity contribution in [1.82, 2.24) is 0 Å². The molecule has 0 atom stereocenters. The lowest BCUT2D eigenvalue weighted by Gasteiger charge is -2.32. The summed E-state index contributed by atoms with van der Waals surface area (Å²) in [6.07, 6.45) is 0. The van der Waals surface area contributed by atoms with Gasteiger partial charge in [0.15, 0.2) is 5.78 Å². The highest BCUT2D eigenvalue weighted by Gasteiger charge is 2.52. The van der Waals surface area contributed by atoms with E-state index >= 15 is 0 Å². The number of nitrogens with zero attached hydrogens (tertiary/aromatic N) is 2. The number of hydrogen-bond donors (Lipinski definition) is 0. The Bertz CT molecular complexity index is 828. The molecule has 5 nitrogen and oxygen atoms in total. The van der Waals surface area contributed by atoms with Gasteiger partial charge in [-0.05, 0) is 65.0 Å². The van der Waals surface area contributed by atoms with Gasteiger partial charge in [-0.25, -0.2) is 0 Å². The third kappa shape index (κ3) is 3.62. The first-order chi connectivity index (χ1) is 12.2. The Hall–Kier alpha value is -2.31. The number of rotatable bonds is 4. The minimum atomic E-state index is -0.491. The van der Waals surface area contributed by atoms with Gasteiger partial charge in [0.05, 0.1) is 22.6 Å². The Morgan fingerprint density at radius 2 is 1.46 bits per heavy atom. The minimum absolute atomic E-state index is 0.0274. The summed E-state index contributed by atoms with van der Waals surface area (Å²) in [5, 5.41) is 8.66. The molecule has 0 aliphatic carbocycles. The van der Waals surface area contributed by atoms with E-state index in [0.717, 1.165) is 5.46 Å². The van der Waals surface area contributed by atoms with E-state index in [0.29, 0.717) is 16.9 Å². The SMILES string of the molecule is CC(=O)c1ccc(N=Nc2ccccc2B2OC(C)(C)C(C)(C)O2)cc1. The fourth-order valence-corrected chi connectivity index (χ4v) is 2.62. The molecule has 1 aliphatic rings. The standard InChI is InChI=1S/C20H23BN2O3/c1-14(24)15-10-12-16(13-11-15)22-23-18-9-7-6-8-17(18)21-25-19(2,3)20(4,5)26-21/h6-13H,1-5H3. The molecule has 2 aromatic carbocycles. The number of hydrogen-bond acceptors (Lipinski definition) is 5. The van der Waals surface area contributed by atoms with Crippen LogP contribution in [0.5, 0.6) is 0 Å². The largest absolute Gasteiger partial charge is 0.497 e. The van der Waals surface area contributed by atoms with Crippen molar-refractivity contribution in [2.24, 2.45) is 10.2 Å². The smallest absolute Gasteiger partial charge is 0.399 e. The molecule has 2 aromatic rings. The van der Waals surface area contributed by atoms with Crippen LogP contribution in [0.1, 0.15) is 45.0 Å². The van der Waals surface area contributed by atoms with E-state index in [1.807, 2.05) is 52.0 Å². The maximum absolute atomic E-state index is 11.4. The van der Waals surface area contributed by atoms with Crippen LogP contribution in [-0.2, 0) is 9.31 Å². The van der Waals surface area contributed by atoms with Crippen LogP contribution in [-0.4, -0.2) is 24.1 Å². The molecule has 1 fully saturated rings. The average molecular weight is 350 g/mol. The van der Waals surface area contributed by atoms with Gasteiger partial charge in [-0.2, -0.15) is 10.2 Å². The lowest BCUT2D eigenvalue weighted by Crippen LogP contribution is -2.41. The van der Waals surface area contributed by atoms with Gasteiger partial charge in [0, 0.05) is 11.0 Å². The van der Waals surface area contributed by atoms with Crippen LogP contribution in [0.25, 0.3) is 0 Å². The topological polar surface area (TPSA) is 60.2 Å². The Labute approximate surface area is 154 Å². The first kappa shape index (κ1) is 18.5. The zero-order valence-electron chi connectivity index (χ0n) is 15.8. The van der Waals surface area contributed by atoms with Crippen LogP contribution in [0.15, 0.2) is 58.8 Å². The van der Waals surface area contributed by atoms with Crippen molar-refractivity contribution in [1.29, 1.82) is 0 Å². The van der Waals surface area contributed by atoms with Crippen LogP contribution < -0.4 is 5.46 Å². The second-order valence-corrected chi connectivity index (χ2v) is 7.45. The van der Waals surface area contributed by atoms with Gasteiger partial charge in [0.1, 0.15) is 0 Å². The van der Waals surface area contributed by atoms with E-state index in [-0.39, 0.29) is 5.78 Å². The molecule has 0 unspecified atom stereocenters. The van der Waals surface area contributed by atoms with Gasteiger partial charge in [0.2, 0.25) is 0 Å². The molecule has 0 spiro atoms. The molecule has 0 radical (unpaired) electrons. The summed E-state index contributed by atoms with van der Waals surface area (Å²) in [6.45, 7) is 9.63. The molecular weight excluding hydrogens is 327 g/mol. The van der Waals surface area contributed by atoms with Gasteiger partial charge in [-0.3, -0.25) is 4.79 Å². The predicted octanol–water partition coefficient (Wildman–Crippen LogP) is 4.60. The van der Waals surface area contributed by atoms with Gasteiger partial charge in [0.25, 0.3) is 0 Å². The van der Waals surface area contributed by atoms with E-state index < -0.39 is 18.3 Å². The highest BCUT2D eigenvalue weighted by atomic mass is 16.7. The molecular formula is C20H23BN2O3. The van der Waals surface area contributed by atoms with Gasteiger partial charge < -0.3 is 9.31 Å². The molecule has 134 valence electrons. The predicted molar refractivity (Wildman–Crippen MR) is 103 cm³/mol. The number of azo groups is 1. The van der Waals surface area contributed by atoms with Crippen molar-refractivity contribution in [2.45, 2.75) is 45.8 Å². The second-order valence-electron chi connectivity index (χ2n) is 7.45. The normalized spacial score (nSPS) is 18.4. The zero-order chi connectivity index (χ0) is 18.9. The molecule has 0 amide bonds. The number of Topliss-reactive ketones (excluding diaryl/α,β-unsaturated/α-hetero) is 1. The molecule has 26 heavy (non-hydrogen) atoms. The number of carbonyl (C=O) groups is 1. The first-order valence-electron chi connectivity index (χ1n) is 8.67. The van der Waals surface area contributed by atoms with Crippen LogP contribution in [0.3, 0.4) is 0 Å². The highest BCUT2D eigenvalue weighted by molar-refractivity contribution is 6.63. The lowest BCUT2D eigenvalue weighted by molar-refractivity contribution is 0.00578. The summed E-state index contributed by atoms with van der Waals surface area (Å²) in [4.78, 5) is 11.4. The summed E-state index contributed by atoms with van der Waals surface area (Å²) in [5.41, 5.74) is 2.05. The van der Waals surface area contributed by atoms with Crippen molar-refractivity contribution in [3.8, 4) is 0 Å². The van der Waals surface area contributed by atoms with Crippen molar-refractivity contribution in [3.05, 3.63) is 54.1 Å². The average Bonchev–Trinajstić information content (AvgIpc) is 2.81. The summed E-state index contributed by atoms with van der Waals surface area (Å²) in [5.74, 6) is 0.0274. The molecule has 3 rings (SSSR count). The Balaban J connectivity index is 1.85. The lowest BCUT2D eigenvalue weighted by atomic mass is 9.78. The maximum Gasteiger partial charge on any atom is 0.497 e. The second kappa shape index (κ2) is 6.78. The van der Waals surface area contributed by atoms with Gasteiger partial charge in [-0.15, -0.1) is 0 Å². The van der Waals surface area contributed by atoms with Crippen molar-refractivity contribution in [2.75, 3.05) is 0 Å². The maximum atomic E-state index is 11.4. The van der Waals surface area contributed by atoms with E-state index in [9.17, 15) is 4.79 Å². The Morgan fingerprint density at radius 3 is 2.04 bits per heavy atom. The molecule has 1 heterocycles. The van der Waals surface area contributed by atoms with E-state index in [2.05, 4.69) is 10.2 Å². The van der Waals surface area contributed by atoms with Gasteiger partial charge >= 0.3 is 7.12 Å². The van der Waals surface area contributed by atoms with Crippen LogP contribution in [0, 0.1) is 0 Å². The first-order valence-corrected chi connectivity index (χ1v) is 8.67. The number of benzene rings is 2. The minimum Gasteiger partial charge on any atom is -0.399 e. The van der Waals surface area contributed by atoms with Crippen molar-refractivity contribution < 1.29 is 14.1 Å². The molecule has 0 N–H and O–H groups in total. The number of ketones is 1. The fourth-order valence-electron chi connectivity index (χ4n) is 2.62. The van der Waals surface area contributed by atoms with Crippen LogP contribution >= 0.6 is 0 Å². The van der Waals surface area contributed by atoms with E-state index in [1.54, 1.807) is 24.3 Å². The Morgan fingerprint density at radius 1 is 0.885 bits per heavy atom. The molecule has 0 saturated carbocycles. The number of carbonyl (C=O) groups excluding carboxylic acids is 1. The summed E-state index contributed by atoms with van der Waals surface area (Å²) in [6, 6.07) is 14.7. The van der Waals surface area contributed by atoms with Gasteiger partial charge in [-0.1, -0.05) is 18.2 Å². The van der Waals surface area contributed by atoms with Crippen molar-refractivity contribution in [3.63, 3.8) is 0 Å². The molecule has 0 aromatic heterocycles. The van der Waals surface area contributed by atoms with E-state index in [4.69, 9.17) is 9.31 Å². The summed E-state index contributed by atoms with van der Waals surface area (Å²) < 4.78 is 12.2. The van der Waals surface area contributed by atoms with E-state index in [1.165, 1.54) is 6.92 Å². The third-order valence-corrected chi connectivity index (χ3v) is 4.99. The molecule has 1 aliphatic heterocycles.